The van der Waals surface area contributed by atoms with Crippen LogP contribution in [0.4, 0.5) is 0 Å². The molecule has 458 valence electrons. The second-order valence-corrected chi connectivity index (χ2v) is 23.8. The molecule has 0 fully saturated rings. The highest BCUT2D eigenvalue weighted by Gasteiger charge is 2.19. The number of ether oxygens (including phenoxy) is 3. The van der Waals surface area contributed by atoms with Crippen molar-refractivity contribution in [3.05, 3.63) is 36.5 Å². The van der Waals surface area contributed by atoms with Crippen molar-refractivity contribution < 1.29 is 28.6 Å². The second kappa shape index (κ2) is 67.1. The molecule has 6 nitrogen and oxygen atoms in total. The summed E-state index contributed by atoms with van der Waals surface area (Å²) in [6.07, 6.45) is 83.2. The van der Waals surface area contributed by atoms with E-state index in [0.717, 1.165) is 70.6 Å². The quantitative estimate of drug-likeness (QED) is 0.0261. The maximum atomic E-state index is 12.9. The molecule has 0 rings (SSSR count). The molecule has 6 heteroatoms. The van der Waals surface area contributed by atoms with Gasteiger partial charge < -0.3 is 14.2 Å². The van der Waals surface area contributed by atoms with Gasteiger partial charge in [-0.2, -0.15) is 0 Å². The van der Waals surface area contributed by atoms with Gasteiger partial charge in [0.05, 0.1) is 0 Å². The minimum atomic E-state index is -0.770. The van der Waals surface area contributed by atoms with Crippen LogP contribution in [0.5, 0.6) is 0 Å². The smallest absolute Gasteiger partial charge is 0.306 e. The van der Waals surface area contributed by atoms with E-state index in [1.165, 1.54) is 276 Å². The third-order valence-corrected chi connectivity index (χ3v) is 15.9. The number of carbonyl (C=O) groups is 3. The lowest BCUT2D eigenvalue weighted by atomic mass is 10.0. The molecule has 0 heterocycles. The Labute approximate surface area is 486 Å². The molecule has 0 spiro atoms. The van der Waals surface area contributed by atoms with E-state index >= 15 is 0 Å². The van der Waals surface area contributed by atoms with E-state index in [1.54, 1.807) is 0 Å². The molecule has 0 amide bonds. The molecular formula is C72H134O6. The second-order valence-electron chi connectivity index (χ2n) is 23.8. The zero-order chi connectivity index (χ0) is 56.4. The van der Waals surface area contributed by atoms with Crippen molar-refractivity contribution in [1.29, 1.82) is 0 Å². The van der Waals surface area contributed by atoms with E-state index in [0.29, 0.717) is 19.3 Å². The van der Waals surface area contributed by atoms with Crippen molar-refractivity contribution in [2.75, 3.05) is 13.2 Å². The Morgan fingerprint density at radius 3 is 0.718 bits per heavy atom. The summed E-state index contributed by atoms with van der Waals surface area (Å²) >= 11 is 0. The number of hydrogen-bond acceptors (Lipinski definition) is 6. The van der Waals surface area contributed by atoms with E-state index in [1.807, 2.05) is 0 Å². The Morgan fingerprint density at radius 2 is 0.462 bits per heavy atom. The third kappa shape index (κ3) is 64.5. The zero-order valence-corrected chi connectivity index (χ0v) is 52.7. The molecule has 0 aliphatic carbocycles. The van der Waals surface area contributed by atoms with Crippen molar-refractivity contribution in [3.8, 4) is 0 Å². The Balaban J connectivity index is 4.17. The highest BCUT2D eigenvalue weighted by atomic mass is 16.6. The van der Waals surface area contributed by atoms with Gasteiger partial charge in [0, 0.05) is 19.3 Å². The lowest BCUT2D eigenvalue weighted by molar-refractivity contribution is -0.167. The summed E-state index contributed by atoms with van der Waals surface area (Å²) in [7, 11) is 0. The number of rotatable bonds is 65. The normalized spacial score (nSPS) is 12.2. The van der Waals surface area contributed by atoms with Crippen molar-refractivity contribution in [1.82, 2.24) is 0 Å². The van der Waals surface area contributed by atoms with Gasteiger partial charge in [0.25, 0.3) is 0 Å². The van der Waals surface area contributed by atoms with Crippen LogP contribution in [0.15, 0.2) is 36.5 Å². The molecule has 78 heavy (non-hydrogen) atoms. The van der Waals surface area contributed by atoms with E-state index in [-0.39, 0.29) is 31.1 Å². The lowest BCUT2D eigenvalue weighted by Gasteiger charge is -2.18. The van der Waals surface area contributed by atoms with Crippen LogP contribution in [-0.2, 0) is 28.6 Å². The minimum absolute atomic E-state index is 0.0677. The highest BCUT2D eigenvalue weighted by Crippen LogP contribution is 2.18. The number of carbonyl (C=O) groups excluding carboxylic acids is 3. The molecular weight excluding hydrogens is 961 g/mol. The van der Waals surface area contributed by atoms with Gasteiger partial charge in [-0.1, -0.05) is 346 Å². The first-order valence-electron chi connectivity index (χ1n) is 35.0. The Kier molecular flexibility index (Phi) is 65.1. The SMILES string of the molecule is CCCCCCC/C=C\C/C=C\C/C=C\CCCCCCCCCCCCC(=O)OCC(COC(=O)CCCCCCCCCCCC)OC(=O)CCCCCCCCCCCCCCCCCCCCCCCCCCC. The van der Waals surface area contributed by atoms with Crippen LogP contribution in [0, 0.1) is 0 Å². The Hall–Kier alpha value is -2.37. The number of unbranched alkanes of at least 4 members (excludes halogenated alkanes) is 48. The van der Waals surface area contributed by atoms with Crippen LogP contribution in [0.3, 0.4) is 0 Å². The first-order chi connectivity index (χ1) is 38.5. The predicted molar refractivity (Wildman–Crippen MR) is 339 cm³/mol. The van der Waals surface area contributed by atoms with Gasteiger partial charge in [-0.25, -0.2) is 0 Å². The van der Waals surface area contributed by atoms with E-state index in [4.69, 9.17) is 14.2 Å². The molecule has 0 N–H and O–H groups in total. The minimum Gasteiger partial charge on any atom is -0.462 e. The third-order valence-electron chi connectivity index (χ3n) is 15.9. The summed E-state index contributed by atoms with van der Waals surface area (Å²) in [6, 6.07) is 0. The fourth-order valence-electron chi connectivity index (χ4n) is 10.6. The number of allylic oxidation sites excluding steroid dienone is 6. The Bertz CT molecular complexity index is 1300. The predicted octanol–water partition coefficient (Wildman–Crippen LogP) is 23.9. The standard InChI is InChI=1S/C72H134O6/c1-4-7-10-13-16-19-22-24-26-28-30-32-34-36-38-40-42-44-46-48-50-53-56-59-62-65-71(74)77-68-69(67-76-70(73)64-61-58-55-52-21-18-15-12-9-6-3)78-72(75)66-63-60-57-54-51-49-47-45-43-41-39-37-35-33-31-29-27-25-23-20-17-14-11-8-5-2/h22,24,28,30,34,36,69H,4-21,23,25-27,29,31-33,35,37-68H2,1-3H3/b24-22-,30-28-,36-34-. The van der Waals surface area contributed by atoms with Crippen LogP contribution >= 0.6 is 0 Å². The largest absolute Gasteiger partial charge is 0.462 e. The molecule has 0 bridgehead atoms. The fraction of sp³-hybridized carbons (Fsp3) is 0.875. The average Bonchev–Trinajstić information content (AvgIpc) is 3.44. The topological polar surface area (TPSA) is 78.9 Å². The van der Waals surface area contributed by atoms with Crippen LogP contribution in [0.1, 0.15) is 387 Å². The monoisotopic (exact) mass is 1100 g/mol. The molecule has 0 saturated heterocycles. The molecule has 0 aromatic rings. The first-order valence-corrected chi connectivity index (χ1v) is 35.0. The molecule has 0 radical (unpaired) electrons. The highest BCUT2D eigenvalue weighted by molar-refractivity contribution is 5.71. The Morgan fingerprint density at radius 1 is 0.256 bits per heavy atom. The van der Waals surface area contributed by atoms with Gasteiger partial charge in [0.2, 0.25) is 0 Å². The van der Waals surface area contributed by atoms with Crippen molar-refractivity contribution in [3.63, 3.8) is 0 Å². The molecule has 0 aromatic heterocycles. The number of hydrogen-bond donors (Lipinski definition) is 0. The summed E-state index contributed by atoms with van der Waals surface area (Å²) in [5, 5.41) is 0. The maximum absolute atomic E-state index is 12.9. The number of esters is 3. The van der Waals surface area contributed by atoms with E-state index < -0.39 is 6.10 Å². The van der Waals surface area contributed by atoms with Crippen LogP contribution in [0.2, 0.25) is 0 Å². The van der Waals surface area contributed by atoms with Crippen LogP contribution in [-0.4, -0.2) is 37.2 Å². The van der Waals surface area contributed by atoms with Gasteiger partial charge in [0.1, 0.15) is 13.2 Å². The molecule has 1 atom stereocenters. The molecule has 0 saturated carbocycles. The first kappa shape index (κ1) is 75.6. The van der Waals surface area contributed by atoms with Gasteiger partial charge in [-0.3, -0.25) is 14.4 Å². The lowest BCUT2D eigenvalue weighted by Crippen LogP contribution is -2.30. The van der Waals surface area contributed by atoms with E-state index in [2.05, 4.69) is 57.2 Å². The van der Waals surface area contributed by atoms with Crippen LogP contribution in [0.25, 0.3) is 0 Å². The molecule has 0 aromatic carbocycles. The van der Waals surface area contributed by atoms with Crippen molar-refractivity contribution in [2.24, 2.45) is 0 Å². The molecule has 1 unspecified atom stereocenters. The fourth-order valence-corrected chi connectivity index (χ4v) is 10.6. The van der Waals surface area contributed by atoms with Gasteiger partial charge in [-0.15, -0.1) is 0 Å². The maximum Gasteiger partial charge on any atom is 0.306 e. The van der Waals surface area contributed by atoms with Gasteiger partial charge in [0.15, 0.2) is 6.10 Å². The summed E-state index contributed by atoms with van der Waals surface area (Å²) < 4.78 is 17.0. The molecule has 0 aliphatic heterocycles. The van der Waals surface area contributed by atoms with Gasteiger partial charge in [-0.05, 0) is 57.8 Å². The summed E-state index contributed by atoms with van der Waals surface area (Å²) in [5.74, 6) is -0.846. The average molecular weight is 1100 g/mol. The summed E-state index contributed by atoms with van der Waals surface area (Å²) in [4.78, 5) is 38.3. The zero-order valence-electron chi connectivity index (χ0n) is 52.7. The van der Waals surface area contributed by atoms with Crippen molar-refractivity contribution in [2.45, 2.75) is 393 Å². The van der Waals surface area contributed by atoms with Gasteiger partial charge >= 0.3 is 17.9 Å². The summed E-state index contributed by atoms with van der Waals surface area (Å²) in [6.45, 7) is 6.68. The summed E-state index contributed by atoms with van der Waals surface area (Å²) in [5.41, 5.74) is 0. The van der Waals surface area contributed by atoms with Crippen molar-refractivity contribution >= 4 is 17.9 Å². The van der Waals surface area contributed by atoms with E-state index in [9.17, 15) is 14.4 Å². The molecule has 0 aliphatic rings. The van der Waals surface area contributed by atoms with Crippen LogP contribution < -0.4 is 0 Å².